The summed E-state index contributed by atoms with van der Waals surface area (Å²) >= 11 is 1.68. The van der Waals surface area contributed by atoms with Crippen LogP contribution in [0.3, 0.4) is 0 Å². The summed E-state index contributed by atoms with van der Waals surface area (Å²) in [6.45, 7) is 0.547. The third-order valence-electron chi connectivity index (χ3n) is 2.55. The van der Waals surface area contributed by atoms with Gasteiger partial charge in [-0.15, -0.1) is 11.3 Å². The molecule has 0 bridgehead atoms. The molecule has 0 atom stereocenters. The molecule has 5 heteroatoms. The van der Waals surface area contributed by atoms with Crippen LogP contribution in [0.1, 0.15) is 11.4 Å². The summed E-state index contributed by atoms with van der Waals surface area (Å²) in [5, 5.41) is 9.78. The van der Waals surface area contributed by atoms with Crippen LogP contribution < -0.4 is 0 Å². The highest BCUT2D eigenvalue weighted by Gasteiger charge is 2.06. The van der Waals surface area contributed by atoms with Gasteiger partial charge in [-0.3, -0.25) is 0 Å². The summed E-state index contributed by atoms with van der Waals surface area (Å²) < 4.78 is 1.19. The highest BCUT2D eigenvalue weighted by atomic mass is 32.1. The summed E-state index contributed by atoms with van der Waals surface area (Å²) in [7, 11) is 1.58. The van der Waals surface area contributed by atoms with Crippen molar-refractivity contribution in [2.45, 2.75) is 12.8 Å². The smallest absolute Gasteiger partial charge is 0.407 e. The van der Waals surface area contributed by atoms with Gasteiger partial charge in [0.25, 0.3) is 0 Å². The number of para-hydroxylation sites is 1. The van der Waals surface area contributed by atoms with E-state index in [1.165, 1.54) is 9.60 Å². The summed E-state index contributed by atoms with van der Waals surface area (Å²) in [6.07, 6.45) is 0.758. The van der Waals surface area contributed by atoms with E-state index in [-0.39, 0.29) is 0 Å². The SMILES string of the molecule is CN(CCCc1nc2ccccc2s1)C(=O)O. The van der Waals surface area contributed by atoms with Gasteiger partial charge in [0.15, 0.2) is 0 Å². The average molecular weight is 250 g/mol. The van der Waals surface area contributed by atoms with Crippen molar-refractivity contribution in [3.05, 3.63) is 29.3 Å². The molecule has 1 aromatic carbocycles. The molecular weight excluding hydrogens is 236 g/mol. The van der Waals surface area contributed by atoms with Crippen LogP contribution in [0.4, 0.5) is 4.79 Å². The van der Waals surface area contributed by atoms with Gasteiger partial charge < -0.3 is 10.0 Å². The van der Waals surface area contributed by atoms with E-state index in [1.54, 1.807) is 18.4 Å². The van der Waals surface area contributed by atoms with Crippen LogP contribution in [0.25, 0.3) is 10.2 Å². The summed E-state index contributed by atoms with van der Waals surface area (Å²) in [5.74, 6) is 0. The Labute approximate surface area is 104 Å². The van der Waals surface area contributed by atoms with Gasteiger partial charge in [-0.1, -0.05) is 12.1 Å². The van der Waals surface area contributed by atoms with E-state index >= 15 is 0 Å². The lowest BCUT2D eigenvalue weighted by Gasteiger charge is -2.11. The van der Waals surface area contributed by atoms with E-state index in [9.17, 15) is 4.79 Å². The molecule has 90 valence electrons. The van der Waals surface area contributed by atoms with Crippen molar-refractivity contribution in [1.29, 1.82) is 0 Å². The molecule has 0 radical (unpaired) electrons. The van der Waals surface area contributed by atoms with Crippen LogP contribution in [0, 0.1) is 0 Å². The maximum atomic E-state index is 10.6. The van der Waals surface area contributed by atoms with Crippen molar-refractivity contribution in [2.24, 2.45) is 0 Å². The third-order valence-corrected chi connectivity index (χ3v) is 3.65. The van der Waals surface area contributed by atoms with Crippen molar-refractivity contribution < 1.29 is 9.90 Å². The Bertz CT molecular complexity index is 491. The fourth-order valence-corrected chi connectivity index (χ4v) is 2.60. The maximum absolute atomic E-state index is 10.6. The van der Waals surface area contributed by atoms with E-state index in [4.69, 9.17) is 5.11 Å². The topological polar surface area (TPSA) is 53.4 Å². The van der Waals surface area contributed by atoms with Crippen LogP contribution in [-0.2, 0) is 6.42 Å². The van der Waals surface area contributed by atoms with E-state index < -0.39 is 6.09 Å². The lowest BCUT2D eigenvalue weighted by molar-refractivity contribution is 0.155. The average Bonchev–Trinajstić information content (AvgIpc) is 2.71. The number of amides is 1. The predicted octanol–water partition coefficient (Wildman–Crippen LogP) is 2.84. The number of aryl methyl sites for hydroxylation is 1. The van der Waals surface area contributed by atoms with Crippen LogP contribution in [0.5, 0.6) is 0 Å². The van der Waals surface area contributed by atoms with Crippen LogP contribution in [-0.4, -0.2) is 34.7 Å². The van der Waals surface area contributed by atoms with Crippen molar-refractivity contribution in [3.63, 3.8) is 0 Å². The van der Waals surface area contributed by atoms with Crippen LogP contribution >= 0.6 is 11.3 Å². The second-order valence-electron chi connectivity index (χ2n) is 3.88. The van der Waals surface area contributed by atoms with Crippen molar-refractivity contribution in [2.75, 3.05) is 13.6 Å². The molecule has 0 fully saturated rings. The minimum atomic E-state index is -0.880. The van der Waals surface area contributed by atoms with Gasteiger partial charge in [0, 0.05) is 20.0 Å². The molecule has 1 heterocycles. The molecule has 0 aliphatic heterocycles. The summed E-state index contributed by atoms with van der Waals surface area (Å²) in [6, 6.07) is 8.03. The first-order valence-electron chi connectivity index (χ1n) is 5.45. The van der Waals surface area contributed by atoms with Gasteiger partial charge in [0.1, 0.15) is 0 Å². The monoisotopic (exact) mass is 250 g/mol. The Balaban J connectivity index is 1.93. The number of hydrogen-bond acceptors (Lipinski definition) is 3. The van der Waals surface area contributed by atoms with Gasteiger partial charge in [-0.05, 0) is 18.6 Å². The summed E-state index contributed by atoms with van der Waals surface area (Å²) in [5.41, 5.74) is 1.03. The number of aromatic nitrogens is 1. The largest absolute Gasteiger partial charge is 0.465 e. The fourth-order valence-electron chi connectivity index (χ4n) is 1.59. The number of carboxylic acid groups (broad SMARTS) is 1. The minimum absolute atomic E-state index is 0.547. The molecule has 1 N–H and O–H groups in total. The number of rotatable bonds is 4. The second-order valence-corrected chi connectivity index (χ2v) is 5.00. The first kappa shape index (κ1) is 11.9. The molecule has 2 rings (SSSR count). The third kappa shape index (κ3) is 2.94. The van der Waals surface area contributed by atoms with Gasteiger partial charge >= 0.3 is 6.09 Å². The van der Waals surface area contributed by atoms with Crippen molar-refractivity contribution in [1.82, 2.24) is 9.88 Å². The lowest BCUT2D eigenvalue weighted by Crippen LogP contribution is -2.25. The molecule has 0 saturated carbocycles. The number of benzene rings is 1. The Kier molecular flexibility index (Phi) is 3.58. The molecule has 17 heavy (non-hydrogen) atoms. The quantitative estimate of drug-likeness (QED) is 0.907. The van der Waals surface area contributed by atoms with E-state index in [2.05, 4.69) is 11.1 Å². The van der Waals surface area contributed by atoms with E-state index in [1.807, 2.05) is 18.2 Å². The number of nitrogens with zero attached hydrogens (tertiary/aromatic N) is 2. The molecule has 0 aliphatic rings. The molecule has 4 nitrogen and oxygen atoms in total. The zero-order valence-electron chi connectivity index (χ0n) is 9.59. The van der Waals surface area contributed by atoms with Crippen molar-refractivity contribution >= 4 is 27.6 Å². The zero-order valence-corrected chi connectivity index (χ0v) is 10.4. The predicted molar refractivity (Wildman–Crippen MR) is 68.6 cm³/mol. The highest BCUT2D eigenvalue weighted by Crippen LogP contribution is 2.22. The van der Waals surface area contributed by atoms with Crippen molar-refractivity contribution in [3.8, 4) is 0 Å². The van der Waals surface area contributed by atoms with Crippen LogP contribution in [0.2, 0.25) is 0 Å². The first-order chi connectivity index (χ1) is 8.16. The Morgan fingerprint density at radius 3 is 2.94 bits per heavy atom. The zero-order chi connectivity index (χ0) is 12.3. The second kappa shape index (κ2) is 5.14. The van der Waals surface area contributed by atoms with Crippen LogP contribution in [0.15, 0.2) is 24.3 Å². The number of fused-ring (bicyclic) bond motifs is 1. The standard InChI is InChI=1S/C12H14N2O2S/c1-14(12(15)16)8-4-7-11-13-9-5-2-3-6-10(9)17-11/h2-3,5-6H,4,7-8H2,1H3,(H,15,16). The maximum Gasteiger partial charge on any atom is 0.407 e. The molecular formula is C12H14N2O2S. The minimum Gasteiger partial charge on any atom is -0.465 e. The summed E-state index contributed by atoms with van der Waals surface area (Å²) in [4.78, 5) is 16.4. The van der Waals surface area contributed by atoms with E-state index in [0.29, 0.717) is 6.54 Å². The molecule has 0 saturated heterocycles. The Morgan fingerprint density at radius 1 is 1.47 bits per heavy atom. The Hall–Kier alpha value is -1.62. The number of thiazole rings is 1. The molecule has 0 aliphatic carbocycles. The van der Waals surface area contributed by atoms with Gasteiger partial charge in [-0.2, -0.15) is 0 Å². The fraction of sp³-hybridized carbons (Fsp3) is 0.333. The number of hydrogen-bond donors (Lipinski definition) is 1. The lowest BCUT2D eigenvalue weighted by atomic mass is 10.3. The normalized spacial score (nSPS) is 10.6. The molecule has 0 unspecified atom stereocenters. The molecule has 2 aromatic rings. The van der Waals surface area contributed by atoms with Gasteiger partial charge in [-0.25, -0.2) is 9.78 Å². The molecule has 0 spiro atoms. The highest BCUT2D eigenvalue weighted by molar-refractivity contribution is 7.18. The van der Waals surface area contributed by atoms with Gasteiger partial charge in [0.2, 0.25) is 0 Å². The Morgan fingerprint density at radius 2 is 2.24 bits per heavy atom. The molecule has 1 aromatic heterocycles. The number of carbonyl (C=O) groups is 1. The molecule has 1 amide bonds. The van der Waals surface area contributed by atoms with E-state index in [0.717, 1.165) is 23.4 Å². The van der Waals surface area contributed by atoms with Gasteiger partial charge in [0.05, 0.1) is 15.2 Å². The first-order valence-corrected chi connectivity index (χ1v) is 6.27.